The minimum Gasteiger partial charge on any atom is -0.339 e. The van der Waals surface area contributed by atoms with Gasteiger partial charge < -0.3 is 15.1 Å². The summed E-state index contributed by atoms with van der Waals surface area (Å²) in [6.45, 7) is 10.6. The zero-order chi connectivity index (χ0) is 27.5. The second-order valence-corrected chi connectivity index (χ2v) is 11.7. The number of likely N-dealkylation sites (tertiary alicyclic amines) is 2. The van der Waals surface area contributed by atoms with E-state index < -0.39 is 0 Å². The monoisotopic (exact) mass is 527 g/mol. The van der Waals surface area contributed by atoms with Crippen LogP contribution in [0.2, 0.25) is 0 Å². The molecule has 3 heterocycles. The minimum atomic E-state index is 0.0216. The van der Waals surface area contributed by atoms with Crippen molar-refractivity contribution in [2.75, 3.05) is 38.0 Å². The first-order chi connectivity index (χ1) is 18.8. The molecule has 1 aromatic heterocycles. The number of aryl methyl sites for hydroxylation is 2. The first kappa shape index (κ1) is 27.1. The molecule has 0 aliphatic carbocycles. The van der Waals surface area contributed by atoms with Gasteiger partial charge >= 0.3 is 0 Å². The summed E-state index contributed by atoms with van der Waals surface area (Å²) in [4.78, 5) is 30.5. The Bertz CT molecular complexity index is 1300. The first-order valence-corrected chi connectivity index (χ1v) is 14.3. The van der Waals surface area contributed by atoms with Gasteiger partial charge in [-0.3, -0.25) is 14.3 Å². The van der Waals surface area contributed by atoms with Crippen molar-refractivity contribution in [1.29, 1.82) is 0 Å². The Hall–Kier alpha value is -3.45. The van der Waals surface area contributed by atoms with E-state index in [4.69, 9.17) is 0 Å². The molecule has 0 spiro atoms. The number of rotatable bonds is 8. The largest absolute Gasteiger partial charge is 0.339 e. The van der Waals surface area contributed by atoms with Crippen LogP contribution < -0.4 is 5.32 Å². The third kappa shape index (κ3) is 6.41. The molecule has 0 radical (unpaired) electrons. The fourth-order valence-corrected chi connectivity index (χ4v) is 5.60. The lowest BCUT2D eigenvalue weighted by atomic mass is 9.88. The Kier molecular flexibility index (Phi) is 8.17. The maximum atomic E-state index is 13.4. The second-order valence-electron chi connectivity index (χ2n) is 11.7. The van der Waals surface area contributed by atoms with E-state index in [0.717, 1.165) is 68.8 Å². The van der Waals surface area contributed by atoms with Crippen LogP contribution in [0.25, 0.3) is 11.1 Å². The fourth-order valence-electron chi connectivity index (χ4n) is 5.60. The summed E-state index contributed by atoms with van der Waals surface area (Å²) < 4.78 is 1.82. The Balaban J connectivity index is 1.14. The minimum absolute atomic E-state index is 0.0216. The molecule has 0 saturated carbocycles. The van der Waals surface area contributed by atoms with Crippen LogP contribution in [-0.2, 0) is 11.8 Å². The predicted octanol–water partition coefficient (Wildman–Crippen LogP) is 5.33. The van der Waals surface area contributed by atoms with Gasteiger partial charge in [-0.1, -0.05) is 44.2 Å². The molecule has 2 saturated heterocycles. The summed E-state index contributed by atoms with van der Waals surface area (Å²) in [5, 5.41) is 7.36. The molecule has 0 bridgehead atoms. The van der Waals surface area contributed by atoms with Gasteiger partial charge in [-0.05, 0) is 73.4 Å². The van der Waals surface area contributed by atoms with E-state index in [-0.39, 0.29) is 17.7 Å². The van der Waals surface area contributed by atoms with E-state index >= 15 is 0 Å². The summed E-state index contributed by atoms with van der Waals surface area (Å²) in [6, 6.07) is 14.4. The summed E-state index contributed by atoms with van der Waals surface area (Å²) in [5.74, 6) is 1.25. The SMILES string of the molecule is Cc1ccc(C(=O)N2CCC(c3ccc(-c4cnn(C)c4)cc3)CC2)cc1NC(=O)C1CN(CCC(C)C)C1. The Morgan fingerprint density at radius 3 is 2.38 bits per heavy atom. The summed E-state index contributed by atoms with van der Waals surface area (Å²) in [7, 11) is 1.93. The van der Waals surface area contributed by atoms with Crippen molar-refractivity contribution < 1.29 is 9.59 Å². The molecule has 0 unspecified atom stereocenters. The molecule has 2 aliphatic heterocycles. The van der Waals surface area contributed by atoms with Gasteiger partial charge in [-0.2, -0.15) is 5.10 Å². The van der Waals surface area contributed by atoms with Gasteiger partial charge in [-0.25, -0.2) is 0 Å². The molecule has 0 atom stereocenters. The van der Waals surface area contributed by atoms with Crippen molar-refractivity contribution in [2.45, 2.75) is 46.0 Å². The number of anilines is 1. The van der Waals surface area contributed by atoms with E-state index in [9.17, 15) is 9.59 Å². The van der Waals surface area contributed by atoms with Crippen molar-refractivity contribution in [3.8, 4) is 11.1 Å². The Morgan fingerprint density at radius 2 is 1.74 bits per heavy atom. The maximum absolute atomic E-state index is 13.4. The van der Waals surface area contributed by atoms with Crippen LogP contribution in [0.1, 0.15) is 60.5 Å². The molecule has 39 heavy (non-hydrogen) atoms. The number of hydrogen-bond donors (Lipinski definition) is 1. The molecule has 206 valence electrons. The number of carbonyl (C=O) groups is 2. The van der Waals surface area contributed by atoms with Crippen molar-refractivity contribution in [3.05, 3.63) is 71.5 Å². The van der Waals surface area contributed by atoms with Gasteiger partial charge in [0.2, 0.25) is 5.91 Å². The van der Waals surface area contributed by atoms with Gasteiger partial charge in [0.05, 0.1) is 12.1 Å². The van der Waals surface area contributed by atoms with E-state index in [2.05, 4.69) is 53.4 Å². The predicted molar refractivity (Wildman–Crippen MR) is 156 cm³/mol. The third-order valence-corrected chi connectivity index (χ3v) is 8.30. The highest BCUT2D eigenvalue weighted by Crippen LogP contribution is 2.31. The third-order valence-electron chi connectivity index (χ3n) is 8.30. The highest BCUT2D eigenvalue weighted by molar-refractivity contribution is 5.98. The molecular formula is C32H41N5O2. The second kappa shape index (κ2) is 11.7. The summed E-state index contributed by atoms with van der Waals surface area (Å²) in [6.07, 6.45) is 6.96. The number of carbonyl (C=O) groups excluding carboxylic acids is 2. The number of benzene rings is 2. The van der Waals surface area contributed by atoms with Crippen LogP contribution in [0, 0.1) is 18.8 Å². The van der Waals surface area contributed by atoms with E-state index in [1.807, 2.05) is 54.1 Å². The number of piperidine rings is 1. The smallest absolute Gasteiger partial charge is 0.253 e. The molecule has 2 aromatic carbocycles. The normalized spacial score (nSPS) is 16.9. The van der Waals surface area contributed by atoms with Crippen LogP contribution in [0.5, 0.6) is 0 Å². The van der Waals surface area contributed by atoms with Crippen molar-refractivity contribution in [1.82, 2.24) is 19.6 Å². The van der Waals surface area contributed by atoms with Crippen molar-refractivity contribution in [3.63, 3.8) is 0 Å². The average Bonchev–Trinajstić information content (AvgIpc) is 3.35. The van der Waals surface area contributed by atoms with Crippen LogP contribution in [0.3, 0.4) is 0 Å². The number of nitrogens with zero attached hydrogens (tertiary/aromatic N) is 4. The van der Waals surface area contributed by atoms with Gasteiger partial charge in [0, 0.05) is 56.2 Å². The molecule has 1 N–H and O–H groups in total. The molecule has 2 aliphatic rings. The molecule has 2 fully saturated rings. The molecule has 7 heteroatoms. The van der Waals surface area contributed by atoms with Crippen molar-refractivity contribution >= 4 is 17.5 Å². The zero-order valence-corrected chi connectivity index (χ0v) is 23.7. The molecule has 7 nitrogen and oxygen atoms in total. The van der Waals surface area contributed by atoms with Crippen LogP contribution >= 0.6 is 0 Å². The standard InChI is InChI=1S/C32H41N5O2/c1-22(2)11-14-36-20-29(21-36)31(38)34-30-17-27(6-5-23(30)3)32(39)37-15-12-26(13-16-37)24-7-9-25(10-8-24)28-18-33-35(4)19-28/h5-10,17-19,22,26,29H,11-16,20-21H2,1-4H3,(H,34,38). The number of amides is 2. The molecule has 5 rings (SSSR count). The lowest BCUT2D eigenvalue weighted by Crippen LogP contribution is -2.52. The molecular weight excluding hydrogens is 486 g/mol. The number of hydrogen-bond acceptors (Lipinski definition) is 4. The lowest BCUT2D eigenvalue weighted by Gasteiger charge is -2.38. The zero-order valence-electron chi connectivity index (χ0n) is 23.7. The van der Waals surface area contributed by atoms with Crippen molar-refractivity contribution in [2.24, 2.45) is 18.9 Å². The number of nitrogens with one attached hydrogen (secondary N) is 1. The van der Waals surface area contributed by atoms with E-state index in [1.165, 1.54) is 11.1 Å². The highest BCUT2D eigenvalue weighted by atomic mass is 16.2. The van der Waals surface area contributed by atoms with Gasteiger partial charge in [0.1, 0.15) is 0 Å². The highest BCUT2D eigenvalue weighted by Gasteiger charge is 2.32. The maximum Gasteiger partial charge on any atom is 0.253 e. The van der Waals surface area contributed by atoms with Crippen LogP contribution in [0.4, 0.5) is 5.69 Å². The van der Waals surface area contributed by atoms with Crippen LogP contribution in [-0.4, -0.2) is 64.1 Å². The average molecular weight is 528 g/mol. The van der Waals surface area contributed by atoms with E-state index in [0.29, 0.717) is 17.4 Å². The summed E-state index contributed by atoms with van der Waals surface area (Å²) in [5.41, 5.74) is 5.98. The number of aromatic nitrogens is 2. The van der Waals surface area contributed by atoms with Crippen LogP contribution in [0.15, 0.2) is 54.9 Å². The lowest BCUT2D eigenvalue weighted by molar-refractivity contribution is -0.124. The molecule has 2 amide bonds. The Labute approximate surface area is 232 Å². The fraction of sp³-hybridized carbons (Fsp3) is 0.469. The Morgan fingerprint density at radius 1 is 1.03 bits per heavy atom. The van der Waals surface area contributed by atoms with Gasteiger partial charge in [0.15, 0.2) is 0 Å². The van der Waals surface area contributed by atoms with E-state index in [1.54, 1.807) is 0 Å². The first-order valence-electron chi connectivity index (χ1n) is 14.3. The molecule has 3 aromatic rings. The van der Waals surface area contributed by atoms with Gasteiger partial charge in [0.25, 0.3) is 5.91 Å². The quantitative estimate of drug-likeness (QED) is 0.430. The summed E-state index contributed by atoms with van der Waals surface area (Å²) >= 11 is 0. The topological polar surface area (TPSA) is 70.5 Å². The van der Waals surface area contributed by atoms with Gasteiger partial charge in [-0.15, -0.1) is 0 Å².